The molecule has 0 saturated carbocycles. The summed E-state index contributed by atoms with van der Waals surface area (Å²) in [7, 11) is 0. The summed E-state index contributed by atoms with van der Waals surface area (Å²) in [4.78, 5) is 11.8. The molecule has 2 aromatic rings. The van der Waals surface area contributed by atoms with Crippen LogP contribution in [-0.4, -0.2) is 17.6 Å². The summed E-state index contributed by atoms with van der Waals surface area (Å²) in [5, 5.41) is 11.8. The molecule has 0 aliphatic carbocycles. The van der Waals surface area contributed by atoms with Gasteiger partial charge in [-0.15, -0.1) is 0 Å². The molecule has 0 atom stereocenters. The lowest BCUT2D eigenvalue weighted by atomic mass is 10.1. The Kier molecular flexibility index (Phi) is 4.79. The molecule has 4 N–H and O–H groups in total. The molecule has 110 valence electrons. The Morgan fingerprint density at radius 2 is 2.10 bits per heavy atom. The molecule has 0 aliphatic rings. The average molecular weight is 286 g/mol. The van der Waals surface area contributed by atoms with Crippen molar-refractivity contribution < 1.29 is 14.6 Å². The van der Waals surface area contributed by atoms with E-state index in [1.165, 1.54) is 0 Å². The normalized spacial score (nSPS) is 10.2. The minimum Gasteiger partial charge on any atom is -0.455 e. The van der Waals surface area contributed by atoms with Crippen molar-refractivity contribution in [3.05, 3.63) is 53.6 Å². The van der Waals surface area contributed by atoms with E-state index in [1.54, 1.807) is 42.5 Å². The Morgan fingerprint density at radius 1 is 1.29 bits per heavy atom. The summed E-state index contributed by atoms with van der Waals surface area (Å²) >= 11 is 0. The second-order valence-corrected chi connectivity index (χ2v) is 4.52. The van der Waals surface area contributed by atoms with Crippen molar-refractivity contribution in [3.8, 4) is 11.5 Å². The predicted molar refractivity (Wildman–Crippen MR) is 81.3 cm³/mol. The molecule has 0 radical (unpaired) electrons. The molecule has 0 bridgehead atoms. The van der Waals surface area contributed by atoms with E-state index >= 15 is 0 Å². The number of carbonyl (C=O) groups is 1. The van der Waals surface area contributed by atoms with Crippen molar-refractivity contribution >= 4 is 11.6 Å². The van der Waals surface area contributed by atoms with Crippen molar-refractivity contribution in [2.45, 2.75) is 13.5 Å². The van der Waals surface area contributed by atoms with E-state index in [0.29, 0.717) is 29.3 Å². The third-order valence-electron chi connectivity index (χ3n) is 2.92. The highest BCUT2D eigenvalue weighted by molar-refractivity contribution is 5.95. The average Bonchev–Trinajstić information content (AvgIpc) is 2.50. The van der Waals surface area contributed by atoms with Crippen LogP contribution in [0.5, 0.6) is 11.5 Å². The number of carbonyl (C=O) groups excluding carboxylic acids is 1. The third kappa shape index (κ3) is 3.73. The summed E-state index contributed by atoms with van der Waals surface area (Å²) in [6, 6.07) is 11.9. The van der Waals surface area contributed by atoms with Crippen molar-refractivity contribution in [1.29, 1.82) is 0 Å². The molecule has 1 amide bonds. The Labute approximate surface area is 123 Å². The highest BCUT2D eigenvalue weighted by Gasteiger charge is 2.09. The molecule has 21 heavy (non-hydrogen) atoms. The maximum absolute atomic E-state index is 11.8. The number of hydrogen-bond acceptors (Lipinski definition) is 4. The van der Waals surface area contributed by atoms with E-state index in [9.17, 15) is 4.79 Å². The van der Waals surface area contributed by atoms with Gasteiger partial charge in [0.15, 0.2) is 5.75 Å². The fraction of sp³-hybridized carbons (Fsp3) is 0.188. The van der Waals surface area contributed by atoms with Crippen LogP contribution in [0.25, 0.3) is 0 Å². The van der Waals surface area contributed by atoms with Gasteiger partial charge in [0.25, 0.3) is 5.91 Å². The van der Waals surface area contributed by atoms with Crippen molar-refractivity contribution in [1.82, 2.24) is 5.32 Å². The van der Waals surface area contributed by atoms with Gasteiger partial charge in [-0.25, -0.2) is 0 Å². The molecule has 0 aromatic heterocycles. The Hall–Kier alpha value is -2.53. The van der Waals surface area contributed by atoms with Crippen molar-refractivity contribution in [3.63, 3.8) is 0 Å². The van der Waals surface area contributed by atoms with Crippen LogP contribution in [0, 0.1) is 0 Å². The largest absolute Gasteiger partial charge is 0.455 e. The second-order valence-electron chi connectivity index (χ2n) is 4.52. The molecule has 2 aromatic carbocycles. The van der Waals surface area contributed by atoms with Gasteiger partial charge in [0, 0.05) is 12.1 Å². The maximum atomic E-state index is 11.8. The number of benzene rings is 2. The van der Waals surface area contributed by atoms with Gasteiger partial charge < -0.3 is 20.9 Å². The second kappa shape index (κ2) is 6.76. The zero-order valence-corrected chi connectivity index (χ0v) is 11.8. The first-order valence-electron chi connectivity index (χ1n) is 6.69. The van der Waals surface area contributed by atoms with E-state index in [2.05, 4.69) is 5.32 Å². The number of anilines is 1. The van der Waals surface area contributed by atoms with Gasteiger partial charge in [0.1, 0.15) is 5.75 Å². The molecule has 2 rings (SSSR count). The van der Waals surface area contributed by atoms with Crippen molar-refractivity contribution in [2.75, 3.05) is 12.3 Å². The first kappa shape index (κ1) is 14.9. The summed E-state index contributed by atoms with van der Waals surface area (Å²) in [6.07, 6.45) is 0. The van der Waals surface area contributed by atoms with Crippen LogP contribution in [0.3, 0.4) is 0 Å². The number of nitrogens with one attached hydrogen (secondary N) is 1. The number of nitrogen functional groups attached to an aromatic ring is 1. The zero-order valence-electron chi connectivity index (χ0n) is 11.8. The smallest absolute Gasteiger partial charge is 0.251 e. The summed E-state index contributed by atoms with van der Waals surface area (Å²) in [5.74, 6) is 0.793. The number of amides is 1. The summed E-state index contributed by atoms with van der Waals surface area (Å²) in [5.41, 5.74) is 7.55. The van der Waals surface area contributed by atoms with E-state index < -0.39 is 0 Å². The van der Waals surface area contributed by atoms with Crippen LogP contribution in [0.1, 0.15) is 22.8 Å². The molecule has 0 unspecified atom stereocenters. The highest BCUT2D eigenvalue weighted by Crippen LogP contribution is 2.29. The molecule has 0 heterocycles. The molecule has 0 fully saturated rings. The van der Waals surface area contributed by atoms with E-state index in [1.807, 2.05) is 6.92 Å². The fourth-order valence-corrected chi connectivity index (χ4v) is 1.86. The van der Waals surface area contributed by atoms with E-state index in [-0.39, 0.29) is 12.5 Å². The quantitative estimate of drug-likeness (QED) is 0.736. The maximum Gasteiger partial charge on any atom is 0.251 e. The van der Waals surface area contributed by atoms with Gasteiger partial charge in [-0.05, 0) is 42.8 Å². The molecular formula is C16H18N2O3. The summed E-state index contributed by atoms with van der Waals surface area (Å²) in [6.45, 7) is 2.34. The first-order chi connectivity index (χ1) is 10.1. The topological polar surface area (TPSA) is 84.6 Å². The van der Waals surface area contributed by atoms with E-state index in [4.69, 9.17) is 15.6 Å². The lowest BCUT2D eigenvalue weighted by Gasteiger charge is -2.11. The monoisotopic (exact) mass is 286 g/mol. The van der Waals surface area contributed by atoms with Gasteiger partial charge in [-0.1, -0.05) is 12.1 Å². The van der Waals surface area contributed by atoms with Crippen LogP contribution in [0.2, 0.25) is 0 Å². The fourth-order valence-electron chi connectivity index (χ4n) is 1.86. The number of ether oxygens (including phenoxy) is 1. The van der Waals surface area contributed by atoms with Crippen LogP contribution in [-0.2, 0) is 6.61 Å². The van der Waals surface area contributed by atoms with Crippen LogP contribution in [0.15, 0.2) is 42.5 Å². The molecule has 0 aliphatic heterocycles. The van der Waals surface area contributed by atoms with Gasteiger partial charge in [0.2, 0.25) is 0 Å². The van der Waals surface area contributed by atoms with Crippen LogP contribution >= 0.6 is 0 Å². The number of aliphatic hydroxyl groups excluding tert-OH is 1. The Balaban J connectivity index is 2.26. The Morgan fingerprint density at radius 3 is 2.81 bits per heavy atom. The van der Waals surface area contributed by atoms with Crippen LogP contribution < -0.4 is 15.8 Å². The lowest BCUT2D eigenvalue weighted by Crippen LogP contribution is -2.22. The Bertz CT molecular complexity index is 641. The standard InChI is InChI=1S/C16H18N2O3/c1-2-18-16(20)12-6-7-14(17)15(9-12)21-13-5-3-4-11(8-13)10-19/h3-9,19H,2,10,17H2,1H3,(H,18,20). The molecule has 5 nitrogen and oxygen atoms in total. The molecule has 5 heteroatoms. The predicted octanol–water partition coefficient (Wildman–Crippen LogP) is 2.30. The van der Waals surface area contributed by atoms with Gasteiger partial charge >= 0.3 is 0 Å². The minimum atomic E-state index is -0.175. The van der Waals surface area contributed by atoms with Crippen LogP contribution in [0.4, 0.5) is 5.69 Å². The van der Waals surface area contributed by atoms with Gasteiger partial charge in [-0.2, -0.15) is 0 Å². The lowest BCUT2D eigenvalue weighted by molar-refractivity contribution is 0.0955. The van der Waals surface area contributed by atoms with Crippen molar-refractivity contribution in [2.24, 2.45) is 0 Å². The third-order valence-corrected chi connectivity index (χ3v) is 2.92. The molecular weight excluding hydrogens is 268 g/mol. The number of nitrogens with two attached hydrogens (primary N) is 1. The first-order valence-corrected chi connectivity index (χ1v) is 6.69. The molecule has 0 spiro atoms. The van der Waals surface area contributed by atoms with Gasteiger partial charge in [-0.3, -0.25) is 4.79 Å². The van der Waals surface area contributed by atoms with Gasteiger partial charge in [0.05, 0.1) is 12.3 Å². The molecule has 0 saturated heterocycles. The zero-order chi connectivity index (χ0) is 15.2. The highest BCUT2D eigenvalue weighted by atomic mass is 16.5. The SMILES string of the molecule is CCNC(=O)c1ccc(N)c(Oc2cccc(CO)c2)c1. The summed E-state index contributed by atoms with van der Waals surface area (Å²) < 4.78 is 5.70. The number of rotatable bonds is 5. The number of hydrogen-bond donors (Lipinski definition) is 3. The van der Waals surface area contributed by atoms with E-state index in [0.717, 1.165) is 5.56 Å². The minimum absolute atomic E-state index is 0.0639. The number of aliphatic hydroxyl groups is 1.